The topological polar surface area (TPSA) is 105 Å². The maximum absolute atomic E-state index is 11.1. The third-order valence-electron chi connectivity index (χ3n) is 3.62. The van der Waals surface area contributed by atoms with Crippen LogP contribution < -0.4 is 9.47 Å². The van der Waals surface area contributed by atoms with Gasteiger partial charge in [-0.2, -0.15) is 0 Å². The van der Waals surface area contributed by atoms with Gasteiger partial charge in [0.2, 0.25) is 5.75 Å². The van der Waals surface area contributed by atoms with Crippen molar-refractivity contribution in [1.82, 2.24) is 0 Å². The molecule has 1 aliphatic rings. The molecule has 1 aliphatic heterocycles. The zero-order valence-electron chi connectivity index (χ0n) is 13.0. The van der Waals surface area contributed by atoms with Gasteiger partial charge in [-0.25, -0.2) is 0 Å². The number of nitro groups is 2. The molecule has 1 heterocycles. The number of hydrogen-bond acceptors (Lipinski definition) is 6. The fraction of sp³-hybridized carbons (Fsp3) is 0.250. The van der Waals surface area contributed by atoms with Crippen LogP contribution >= 0.6 is 0 Å². The molecule has 0 atom stereocenters. The van der Waals surface area contributed by atoms with Crippen LogP contribution in [-0.2, 0) is 6.42 Å². The smallest absolute Gasteiger partial charge is 0.318 e. The molecule has 3 rings (SSSR count). The van der Waals surface area contributed by atoms with Crippen LogP contribution in [-0.4, -0.2) is 15.4 Å². The number of ether oxygens (including phenoxy) is 2. The van der Waals surface area contributed by atoms with Gasteiger partial charge in [0.25, 0.3) is 5.69 Å². The lowest BCUT2D eigenvalue weighted by atomic mass is 10.0. The summed E-state index contributed by atoms with van der Waals surface area (Å²) in [7, 11) is 0. The Balaban J connectivity index is 1.92. The van der Waals surface area contributed by atoms with Crippen molar-refractivity contribution in [2.45, 2.75) is 25.9 Å². The number of rotatable bonds is 4. The van der Waals surface area contributed by atoms with Gasteiger partial charge in [-0.15, -0.1) is 0 Å². The molecule has 0 radical (unpaired) electrons. The summed E-state index contributed by atoms with van der Waals surface area (Å²) >= 11 is 0. The summed E-state index contributed by atoms with van der Waals surface area (Å²) in [6.07, 6.45) is 0.764. The highest BCUT2D eigenvalue weighted by Crippen LogP contribution is 2.40. The maximum atomic E-state index is 11.1. The van der Waals surface area contributed by atoms with Gasteiger partial charge in [-0.1, -0.05) is 6.07 Å². The Hall–Kier alpha value is -3.16. The Kier molecular flexibility index (Phi) is 3.59. The fourth-order valence-electron chi connectivity index (χ4n) is 2.61. The summed E-state index contributed by atoms with van der Waals surface area (Å²) in [6, 6.07) is 8.45. The van der Waals surface area contributed by atoms with E-state index >= 15 is 0 Å². The quantitative estimate of drug-likeness (QED) is 0.619. The van der Waals surface area contributed by atoms with Gasteiger partial charge >= 0.3 is 5.69 Å². The SMILES string of the molecule is CC1(C)Cc2ccc(Oc3ccc([N+](=O)[O-])cc3[N+](=O)[O-])cc2O1. The first-order valence-corrected chi connectivity index (χ1v) is 7.18. The summed E-state index contributed by atoms with van der Waals surface area (Å²) in [5, 5.41) is 21.9. The molecular weight excluding hydrogens is 316 g/mol. The average Bonchev–Trinajstić information content (AvgIpc) is 2.80. The van der Waals surface area contributed by atoms with Crippen LogP contribution in [0.3, 0.4) is 0 Å². The molecule has 0 amide bonds. The zero-order chi connectivity index (χ0) is 17.5. The number of nitro benzene ring substituents is 2. The number of fused-ring (bicyclic) bond motifs is 1. The highest BCUT2D eigenvalue weighted by molar-refractivity contribution is 5.55. The van der Waals surface area contributed by atoms with E-state index in [0.29, 0.717) is 11.5 Å². The van der Waals surface area contributed by atoms with Crippen molar-refractivity contribution in [3.05, 3.63) is 62.2 Å². The summed E-state index contributed by atoms with van der Waals surface area (Å²) in [5.74, 6) is 0.966. The van der Waals surface area contributed by atoms with Gasteiger partial charge in [0.15, 0.2) is 0 Å². The van der Waals surface area contributed by atoms with Crippen LogP contribution in [0.25, 0.3) is 0 Å². The second-order valence-electron chi connectivity index (χ2n) is 6.08. The number of hydrogen-bond donors (Lipinski definition) is 0. The standard InChI is InChI=1S/C16H14N2O6/c1-16(2)9-10-3-5-12(8-15(10)24-16)23-14-6-4-11(17(19)20)7-13(14)18(21)22/h3-8H,9H2,1-2H3. The van der Waals surface area contributed by atoms with Gasteiger partial charge in [-0.3, -0.25) is 20.2 Å². The van der Waals surface area contributed by atoms with Crippen LogP contribution in [0, 0.1) is 20.2 Å². The van der Waals surface area contributed by atoms with Gasteiger partial charge < -0.3 is 9.47 Å². The molecule has 0 saturated heterocycles. The predicted molar refractivity (Wildman–Crippen MR) is 84.7 cm³/mol. The van der Waals surface area contributed by atoms with E-state index in [2.05, 4.69) is 0 Å². The summed E-state index contributed by atoms with van der Waals surface area (Å²) < 4.78 is 11.4. The van der Waals surface area contributed by atoms with Gasteiger partial charge in [-0.05, 0) is 31.5 Å². The van der Waals surface area contributed by atoms with E-state index in [4.69, 9.17) is 9.47 Å². The first-order valence-electron chi connectivity index (χ1n) is 7.18. The normalized spacial score (nSPS) is 14.6. The van der Waals surface area contributed by atoms with E-state index in [9.17, 15) is 20.2 Å². The van der Waals surface area contributed by atoms with Gasteiger partial charge in [0, 0.05) is 18.6 Å². The van der Waals surface area contributed by atoms with Crippen molar-refractivity contribution < 1.29 is 19.3 Å². The van der Waals surface area contributed by atoms with E-state index in [0.717, 1.165) is 24.1 Å². The van der Waals surface area contributed by atoms with Crippen LogP contribution in [0.5, 0.6) is 17.2 Å². The molecule has 124 valence electrons. The Morgan fingerprint density at radius 1 is 1.08 bits per heavy atom. The lowest BCUT2D eigenvalue weighted by Gasteiger charge is -2.16. The molecule has 2 aromatic carbocycles. The van der Waals surface area contributed by atoms with E-state index in [-0.39, 0.29) is 17.0 Å². The molecule has 0 N–H and O–H groups in total. The minimum atomic E-state index is -0.713. The van der Waals surface area contributed by atoms with E-state index < -0.39 is 15.5 Å². The molecule has 0 fully saturated rings. The van der Waals surface area contributed by atoms with Crippen molar-refractivity contribution >= 4 is 11.4 Å². The second kappa shape index (κ2) is 5.48. The highest BCUT2D eigenvalue weighted by atomic mass is 16.6. The van der Waals surface area contributed by atoms with Crippen molar-refractivity contribution in [2.75, 3.05) is 0 Å². The van der Waals surface area contributed by atoms with Crippen molar-refractivity contribution in [3.8, 4) is 17.2 Å². The van der Waals surface area contributed by atoms with Crippen LogP contribution in [0.15, 0.2) is 36.4 Å². The van der Waals surface area contributed by atoms with Gasteiger partial charge in [0.1, 0.15) is 17.1 Å². The second-order valence-corrected chi connectivity index (χ2v) is 6.08. The Morgan fingerprint density at radius 2 is 1.83 bits per heavy atom. The molecule has 0 spiro atoms. The van der Waals surface area contributed by atoms with Crippen molar-refractivity contribution in [1.29, 1.82) is 0 Å². The van der Waals surface area contributed by atoms with E-state index in [1.54, 1.807) is 12.1 Å². The first-order chi connectivity index (χ1) is 11.2. The fourth-order valence-corrected chi connectivity index (χ4v) is 2.61. The molecule has 2 aromatic rings. The highest BCUT2D eigenvalue weighted by Gasteiger charge is 2.30. The summed E-state index contributed by atoms with van der Waals surface area (Å²) in [6.45, 7) is 3.93. The van der Waals surface area contributed by atoms with Crippen LogP contribution in [0.1, 0.15) is 19.4 Å². The Labute approximate surface area is 136 Å². The average molecular weight is 330 g/mol. The van der Waals surface area contributed by atoms with E-state index in [1.165, 1.54) is 6.07 Å². The molecule has 0 aromatic heterocycles. The third kappa shape index (κ3) is 2.98. The van der Waals surface area contributed by atoms with Gasteiger partial charge in [0.05, 0.1) is 15.9 Å². The maximum Gasteiger partial charge on any atom is 0.318 e. The van der Waals surface area contributed by atoms with E-state index in [1.807, 2.05) is 19.9 Å². The molecule has 0 bridgehead atoms. The van der Waals surface area contributed by atoms with Crippen LogP contribution in [0.4, 0.5) is 11.4 Å². The molecule has 8 heteroatoms. The van der Waals surface area contributed by atoms with Crippen molar-refractivity contribution in [3.63, 3.8) is 0 Å². The number of benzene rings is 2. The van der Waals surface area contributed by atoms with Crippen molar-refractivity contribution in [2.24, 2.45) is 0 Å². The molecular formula is C16H14N2O6. The molecule has 24 heavy (non-hydrogen) atoms. The molecule has 8 nitrogen and oxygen atoms in total. The predicted octanol–water partition coefficient (Wildman–Crippen LogP) is 4.01. The zero-order valence-corrected chi connectivity index (χ0v) is 13.0. The Morgan fingerprint density at radius 3 is 2.50 bits per heavy atom. The minimum absolute atomic E-state index is 0.0668. The monoisotopic (exact) mass is 330 g/mol. The third-order valence-corrected chi connectivity index (χ3v) is 3.62. The number of non-ortho nitro benzene ring substituents is 1. The molecule has 0 saturated carbocycles. The summed E-state index contributed by atoms with van der Waals surface area (Å²) in [5.41, 5.74) is -0.107. The minimum Gasteiger partial charge on any atom is -0.487 e. The summed E-state index contributed by atoms with van der Waals surface area (Å²) in [4.78, 5) is 20.5. The number of nitrogens with zero attached hydrogens (tertiary/aromatic N) is 2. The Bertz CT molecular complexity index is 846. The molecule has 0 aliphatic carbocycles. The molecule has 0 unspecified atom stereocenters. The first kappa shape index (κ1) is 15.7. The largest absolute Gasteiger partial charge is 0.487 e. The van der Waals surface area contributed by atoms with Crippen LogP contribution in [0.2, 0.25) is 0 Å². The lowest BCUT2D eigenvalue weighted by molar-refractivity contribution is -0.394. The lowest BCUT2D eigenvalue weighted by Crippen LogP contribution is -2.24.